The topological polar surface area (TPSA) is 49.8 Å². The molecule has 1 N–H and O–H groups in total. The molecule has 0 amide bonds. The number of fused-ring (bicyclic) bond motifs is 1. The predicted octanol–water partition coefficient (Wildman–Crippen LogP) is 2.99. The molecule has 114 valence electrons. The summed E-state index contributed by atoms with van der Waals surface area (Å²) >= 11 is 1.71. The first-order valence-electron chi connectivity index (χ1n) is 7.56. The van der Waals surface area contributed by atoms with Gasteiger partial charge >= 0.3 is 5.97 Å². The number of morpholine rings is 1. The second-order valence-corrected chi connectivity index (χ2v) is 6.75. The fourth-order valence-electron chi connectivity index (χ4n) is 3.31. The first-order valence-corrected chi connectivity index (χ1v) is 8.44. The molecule has 1 aliphatic heterocycles. The van der Waals surface area contributed by atoms with Crippen LogP contribution in [-0.4, -0.2) is 41.3 Å². The number of carboxylic acids is 1. The van der Waals surface area contributed by atoms with Gasteiger partial charge in [0, 0.05) is 30.1 Å². The van der Waals surface area contributed by atoms with Gasteiger partial charge in [-0.3, -0.25) is 4.90 Å². The van der Waals surface area contributed by atoms with E-state index in [1.807, 2.05) is 5.38 Å². The summed E-state index contributed by atoms with van der Waals surface area (Å²) in [4.78, 5) is 14.4. The molecule has 2 aliphatic rings. The summed E-state index contributed by atoms with van der Waals surface area (Å²) in [5.74, 6) is -0.902. The van der Waals surface area contributed by atoms with Crippen LogP contribution in [0.4, 0.5) is 0 Å². The minimum Gasteiger partial charge on any atom is -0.478 e. The minimum absolute atomic E-state index is 0.416. The normalized spacial score (nSPS) is 26.9. The van der Waals surface area contributed by atoms with E-state index in [1.165, 1.54) is 36.6 Å². The lowest BCUT2D eigenvalue weighted by molar-refractivity contribution is -0.131. The van der Waals surface area contributed by atoms with Crippen molar-refractivity contribution in [3.8, 4) is 0 Å². The Balaban J connectivity index is 1.64. The van der Waals surface area contributed by atoms with E-state index in [-0.39, 0.29) is 0 Å². The predicted molar refractivity (Wildman–Crippen MR) is 83.4 cm³/mol. The van der Waals surface area contributed by atoms with Crippen LogP contribution in [0.5, 0.6) is 0 Å². The Morgan fingerprint density at radius 2 is 2.33 bits per heavy atom. The molecular formula is C16H21NO3S. The Morgan fingerprint density at radius 3 is 3.19 bits per heavy atom. The van der Waals surface area contributed by atoms with Crippen molar-refractivity contribution >= 4 is 23.4 Å². The number of hydrogen-bond acceptors (Lipinski definition) is 4. The van der Waals surface area contributed by atoms with Crippen molar-refractivity contribution in [2.45, 2.75) is 44.4 Å². The number of thiophene rings is 1. The molecule has 1 saturated heterocycles. The fraction of sp³-hybridized carbons (Fsp3) is 0.562. The molecule has 1 aromatic heterocycles. The summed E-state index contributed by atoms with van der Waals surface area (Å²) in [6.45, 7) is 2.79. The molecule has 0 radical (unpaired) electrons. The average molecular weight is 307 g/mol. The van der Waals surface area contributed by atoms with Crippen LogP contribution in [0.1, 0.15) is 36.1 Å². The molecule has 0 bridgehead atoms. The van der Waals surface area contributed by atoms with Gasteiger partial charge in [0.15, 0.2) is 0 Å². The number of hydrogen-bond donors (Lipinski definition) is 1. The van der Waals surface area contributed by atoms with Crippen molar-refractivity contribution < 1.29 is 14.6 Å². The zero-order valence-corrected chi connectivity index (χ0v) is 12.8. The highest BCUT2D eigenvalue weighted by Crippen LogP contribution is 2.30. The molecule has 1 aromatic rings. The van der Waals surface area contributed by atoms with Crippen molar-refractivity contribution in [2.75, 3.05) is 13.2 Å². The summed E-state index contributed by atoms with van der Waals surface area (Å²) in [5.41, 5.74) is 0.978. The molecule has 2 heterocycles. The van der Waals surface area contributed by atoms with Crippen LogP contribution in [-0.2, 0) is 16.1 Å². The standard InChI is InChI=1S/C16H21NO3S/c18-16(19)6-5-12-9-13(21-11-12)10-17-7-8-20-15-4-2-1-3-14(15)17/h5-6,9,11,14-15H,1-4,7-8,10H2,(H,18,19). The Kier molecular flexibility index (Phi) is 4.73. The van der Waals surface area contributed by atoms with Gasteiger partial charge < -0.3 is 9.84 Å². The maximum absolute atomic E-state index is 10.5. The lowest BCUT2D eigenvalue weighted by Crippen LogP contribution is -2.51. The molecular weight excluding hydrogens is 286 g/mol. The third kappa shape index (κ3) is 3.73. The third-order valence-electron chi connectivity index (χ3n) is 4.30. The molecule has 1 saturated carbocycles. The lowest BCUT2D eigenvalue weighted by Gasteiger charge is -2.43. The number of carbonyl (C=O) groups is 1. The minimum atomic E-state index is -0.902. The van der Waals surface area contributed by atoms with E-state index in [2.05, 4.69) is 11.0 Å². The summed E-state index contributed by atoms with van der Waals surface area (Å²) in [6.07, 6.45) is 8.29. The zero-order chi connectivity index (χ0) is 14.7. The molecule has 3 rings (SSSR count). The van der Waals surface area contributed by atoms with Gasteiger partial charge in [-0.05, 0) is 35.9 Å². The highest BCUT2D eigenvalue weighted by molar-refractivity contribution is 7.10. The molecule has 21 heavy (non-hydrogen) atoms. The lowest BCUT2D eigenvalue weighted by atomic mass is 9.90. The molecule has 0 aromatic carbocycles. The van der Waals surface area contributed by atoms with Gasteiger partial charge in [0.2, 0.25) is 0 Å². The summed E-state index contributed by atoms with van der Waals surface area (Å²) in [7, 11) is 0. The number of nitrogens with zero attached hydrogens (tertiary/aromatic N) is 1. The Labute approximate surface area is 129 Å². The SMILES string of the molecule is O=C(O)C=Cc1csc(CN2CCOC3CCCCC32)c1. The van der Waals surface area contributed by atoms with Gasteiger partial charge in [0.05, 0.1) is 12.7 Å². The quantitative estimate of drug-likeness (QED) is 0.869. The van der Waals surface area contributed by atoms with Crippen LogP contribution in [0, 0.1) is 0 Å². The van der Waals surface area contributed by atoms with Crippen molar-refractivity contribution in [2.24, 2.45) is 0 Å². The van der Waals surface area contributed by atoms with Crippen molar-refractivity contribution in [1.29, 1.82) is 0 Å². The number of ether oxygens (including phenoxy) is 1. The smallest absolute Gasteiger partial charge is 0.328 e. The summed E-state index contributed by atoms with van der Waals surface area (Å²) < 4.78 is 5.91. The fourth-order valence-corrected chi connectivity index (χ4v) is 4.19. The summed E-state index contributed by atoms with van der Waals surface area (Å²) in [6, 6.07) is 2.66. The monoisotopic (exact) mass is 307 g/mol. The van der Waals surface area contributed by atoms with Crippen LogP contribution < -0.4 is 0 Å². The van der Waals surface area contributed by atoms with E-state index < -0.39 is 5.97 Å². The van der Waals surface area contributed by atoms with Gasteiger partial charge in [0.1, 0.15) is 0 Å². The van der Waals surface area contributed by atoms with E-state index in [0.717, 1.165) is 25.3 Å². The van der Waals surface area contributed by atoms with Crippen LogP contribution >= 0.6 is 11.3 Å². The largest absolute Gasteiger partial charge is 0.478 e. The first-order chi connectivity index (χ1) is 10.2. The van der Waals surface area contributed by atoms with E-state index in [0.29, 0.717) is 12.1 Å². The highest BCUT2D eigenvalue weighted by atomic mass is 32.1. The van der Waals surface area contributed by atoms with Crippen molar-refractivity contribution in [3.05, 3.63) is 28.0 Å². The molecule has 2 fully saturated rings. The Hall–Kier alpha value is -1.17. The highest BCUT2D eigenvalue weighted by Gasteiger charge is 2.34. The van der Waals surface area contributed by atoms with E-state index in [1.54, 1.807) is 17.4 Å². The van der Waals surface area contributed by atoms with Gasteiger partial charge in [-0.1, -0.05) is 12.8 Å². The van der Waals surface area contributed by atoms with E-state index in [4.69, 9.17) is 9.84 Å². The molecule has 2 unspecified atom stereocenters. The summed E-state index contributed by atoms with van der Waals surface area (Å²) in [5, 5.41) is 10.7. The van der Waals surface area contributed by atoms with Crippen LogP contribution in [0.25, 0.3) is 6.08 Å². The van der Waals surface area contributed by atoms with Crippen molar-refractivity contribution in [1.82, 2.24) is 4.90 Å². The first kappa shape index (κ1) is 14.8. The van der Waals surface area contributed by atoms with E-state index in [9.17, 15) is 4.79 Å². The second kappa shape index (κ2) is 6.73. The van der Waals surface area contributed by atoms with Crippen molar-refractivity contribution in [3.63, 3.8) is 0 Å². The third-order valence-corrected chi connectivity index (χ3v) is 5.24. The van der Waals surface area contributed by atoms with Gasteiger partial charge in [0.25, 0.3) is 0 Å². The van der Waals surface area contributed by atoms with Crippen LogP contribution in [0.2, 0.25) is 0 Å². The number of rotatable bonds is 4. The zero-order valence-electron chi connectivity index (χ0n) is 12.0. The number of aliphatic carboxylic acids is 1. The second-order valence-electron chi connectivity index (χ2n) is 5.75. The van der Waals surface area contributed by atoms with Crippen LogP contribution in [0.15, 0.2) is 17.5 Å². The molecule has 4 nitrogen and oxygen atoms in total. The molecule has 0 spiro atoms. The maximum Gasteiger partial charge on any atom is 0.328 e. The maximum atomic E-state index is 10.5. The Morgan fingerprint density at radius 1 is 1.48 bits per heavy atom. The number of carboxylic acid groups (broad SMARTS) is 1. The molecule has 1 aliphatic carbocycles. The van der Waals surface area contributed by atoms with E-state index >= 15 is 0 Å². The average Bonchev–Trinajstić information content (AvgIpc) is 2.93. The molecule has 2 atom stereocenters. The van der Waals surface area contributed by atoms with Gasteiger partial charge in [-0.2, -0.15) is 0 Å². The molecule has 5 heteroatoms. The van der Waals surface area contributed by atoms with Crippen LogP contribution in [0.3, 0.4) is 0 Å². The van der Waals surface area contributed by atoms with Gasteiger partial charge in [-0.15, -0.1) is 11.3 Å². The Bertz CT molecular complexity index is 523. The van der Waals surface area contributed by atoms with Gasteiger partial charge in [-0.25, -0.2) is 4.79 Å².